The van der Waals surface area contributed by atoms with Gasteiger partial charge in [-0.15, -0.1) is 0 Å². The zero-order chi connectivity index (χ0) is 14.6. The minimum Gasteiger partial charge on any atom is -1.00 e. The van der Waals surface area contributed by atoms with E-state index in [1.54, 1.807) is 7.11 Å². The molecule has 1 aromatic carbocycles. The van der Waals surface area contributed by atoms with Crippen molar-refractivity contribution in [3.8, 4) is 5.75 Å². The average Bonchev–Trinajstić information content (AvgIpc) is 2.90. The van der Waals surface area contributed by atoms with Crippen LogP contribution in [0.5, 0.6) is 5.75 Å². The molecule has 0 radical (unpaired) electrons. The Labute approximate surface area is 148 Å². The second kappa shape index (κ2) is 5.62. The lowest BCUT2D eigenvalue weighted by Crippen LogP contribution is -3.00. The van der Waals surface area contributed by atoms with E-state index in [4.69, 9.17) is 4.74 Å². The fourth-order valence-corrected chi connectivity index (χ4v) is 4.55. The second-order valence-corrected chi connectivity index (χ2v) is 6.78. The molecule has 0 amide bonds. The first-order chi connectivity index (χ1) is 10.1. The lowest BCUT2D eigenvalue weighted by molar-refractivity contribution is -0.581. The minimum absolute atomic E-state index is 0. The fraction of sp³-hybridized carbons (Fsp3) is 0.556. The summed E-state index contributed by atoms with van der Waals surface area (Å²) in [5, 5.41) is 0. The normalized spacial score (nSPS) is 29.4. The van der Waals surface area contributed by atoms with Crippen molar-refractivity contribution in [2.24, 2.45) is 5.41 Å². The first kappa shape index (κ1) is 16.0. The van der Waals surface area contributed by atoms with Crippen LogP contribution in [-0.4, -0.2) is 29.7 Å². The molecule has 3 aliphatic rings. The molecule has 4 heteroatoms. The molecule has 22 heavy (non-hydrogen) atoms. The number of rotatable bonds is 1. The van der Waals surface area contributed by atoms with Crippen molar-refractivity contribution in [1.29, 1.82) is 0 Å². The van der Waals surface area contributed by atoms with Gasteiger partial charge in [0.05, 0.1) is 13.5 Å². The predicted molar refractivity (Wildman–Crippen MR) is 81.2 cm³/mol. The van der Waals surface area contributed by atoms with Gasteiger partial charge in [-0.3, -0.25) is 4.79 Å². The Morgan fingerprint density at radius 2 is 2.14 bits per heavy atom. The van der Waals surface area contributed by atoms with Crippen molar-refractivity contribution in [2.75, 3.05) is 13.7 Å². The topological polar surface area (TPSA) is 29.3 Å². The van der Waals surface area contributed by atoms with Crippen LogP contribution in [-0.2, 0) is 11.2 Å². The highest BCUT2D eigenvalue weighted by atomic mass is 127. The van der Waals surface area contributed by atoms with Gasteiger partial charge in [0.15, 0.2) is 17.5 Å². The number of hydrogen-bond acceptors (Lipinski definition) is 2. The SMILES string of the molecule is COc1ccc2c(c1)CC[N+]1=C3CCC[C@@]3(C)C(=O)C[C@@H]21.[I-]. The molecule has 2 aliphatic heterocycles. The number of hydrogen-bond donors (Lipinski definition) is 0. The zero-order valence-corrected chi connectivity index (χ0v) is 15.4. The molecule has 0 saturated heterocycles. The molecule has 0 bridgehead atoms. The molecule has 4 rings (SSSR count). The lowest BCUT2D eigenvalue weighted by Gasteiger charge is -2.34. The molecule has 1 fully saturated rings. The number of Topliss-reactive ketones (excluding diaryl/α,β-unsaturated/α-hetero) is 1. The monoisotopic (exact) mass is 411 g/mol. The second-order valence-electron chi connectivity index (χ2n) is 6.78. The summed E-state index contributed by atoms with van der Waals surface area (Å²) in [4.78, 5) is 12.7. The van der Waals surface area contributed by atoms with E-state index in [-0.39, 0.29) is 35.4 Å². The van der Waals surface area contributed by atoms with Gasteiger partial charge >= 0.3 is 0 Å². The molecular weight excluding hydrogens is 389 g/mol. The summed E-state index contributed by atoms with van der Waals surface area (Å²) in [5.74, 6) is 1.36. The third-order valence-electron chi connectivity index (χ3n) is 5.78. The summed E-state index contributed by atoms with van der Waals surface area (Å²) in [7, 11) is 1.71. The van der Waals surface area contributed by atoms with Crippen LogP contribution in [0, 0.1) is 5.41 Å². The Morgan fingerprint density at radius 3 is 2.91 bits per heavy atom. The lowest BCUT2D eigenvalue weighted by atomic mass is 9.74. The third kappa shape index (κ3) is 2.14. The van der Waals surface area contributed by atoms with Crippen molar-refractivity contribution >= 4 is 11.5 Å². The van der Waals surface area contributed by atoms with Crippen LogP contribution in [0.15, 0.2) is 18.2 Å². The molecule has 1 aromatic rings. The quantitative estimate of drug-likeness (QED) is 0.478. The first-order valence-corrected chi connectivity index (χ1v) is 7.96. The molecule has 0 unspecified atom stereocenters. The smallest absolute Gasteiger partial charge is 0.185 e. The number of halogens is 1. The number of fused-ring (bicyclic) bond motifs is 4. The largest absolute Gasteiger partial charge is 1.00 e. The number of ketones is 1. The predicted octanol–water partition coefficient (Wildman–Crippen LogP) is -0.0871. The van der Waals surface area contributed by atoms with Crippen molar-refractivity contribution in [2.45, 2.75) is 45.1 Å². The molecule has 2 atom stereocenters. The van der Waals surface area contributed by atoms with Crippen LogP contribution in [0.4, 0.5) is 0 Å². The van der Waals surface area contributed by atoms with Gasteiger partial charge in [-0.2, -0.15) is 0 Å². The van der Waals surface area contributed by atoms with Crippen molar-refractivity contribution in [3.05, 3.63) is 29.3 Å². The Kier molecular flexibility index (Phi) is 4.08. The Bertz CT molecular complexity index is 667. The van der Waals surface area contributed by atoms with E-state index in [0.717, 1.165) is 38.0 Å². The van der Waals surface area contributed by atoms with Gasteiger partial charge in [0.1, 0.15) is 17.7 Å². The number of carbonyl (C=O) groups is 1. The van der Waals surface area contributed by atoms with Gasteiger partial charge in [0.2, 0.25) is 0 Å². The summed E-state index contributed by atoms with van der Waals surface area (Å²) in [6.45, 7) is 3.21. The Balaban J connectivity index is 0.00000144. The first-order valence-electron chi connectivity index (χ1n) is 7.96. The molecule has 1 saturated carbocycles. The number of nitrogens with zero attached hydrogens (tertiary/aromatic N) is 1. The maximum absolute atomic E-state index is 12.7. The summed E-state index contributed by atoms with van der Waals surface area (Å²) < 4.78 is 7.88. The van der Waals surface area contributed by atoms with Crippen molar-refractivity contribution < 1.29 is 38.1 Å². The number of methoxy groups -OCH3 is 1. The summed E-state index contributed by atoms with van der Waals surface area (Å²) in [6.07, 6.45) is 5.02. The van der Waals surface area contributed by atoms with Gasteiger partial charge in [-0.1, -0.05) is 0 Å². The molecule has 2 heterocycles. The molecule has 0 N–H and O–H groups in total. The number of benzene rings is 1. The summed E-state index contributed by atoms with van der Waals surface area (Å²) in [6, 6.07) is 6.59. The van der Waals surface area contributed by atoms with Crippen LogP contribution in [0.3, 0.4) is 0 Å². The summed E-state index contributed by atoms with van der Waals surface area (Å²) in [5.41, 5.74) is 3.92. The van der Waals surface area contributed by atoms with E-state index in [0.29, 0.717) is 12.2 Å². The molecule has 0 spiro atoms. The van der Waals surface area contributed by atoms with Crippen LogP contribution < -0.4 is 28.7 Å². The van der Waals surface area contributed by atoms with Crippen LogP contribution in [0.2, 0.25) is 0 Å². The van der Waals surface area contributed by atoms with Crippen molar-refractivity contribution in [1.82, 2.24) is 0 Å². The van der Waals surface area contributed by atoms with Gasteiger partial charge < -0.3 is 28.7 Å². The Hall–Kier alpha value is -0.910. The maximum atomic E-state index is 12.7. The molecule has 3 nitrogen and oxygen atoms in total. The van der Waals surface area contributed by atoms with Gasteiger partial charge in [-0.25, -0.2) is 4.58 Å². The molecular formula is C18H22INO2. The highest BCUT2D eigenvalue weighted by Gasteiger charge is 2.54. The van der Waals surface area contributed by atoms with Gasteiger partial charge in [0.25, 0.3) is 0 Å². The van der Waals surface area contributed by atoms with Crippen LogP contribution in [0.25, 0.3) is 0 Å². The van der Waals surface area contributed by atoms with Crippen molar-refractivity contribution in [3.63, 3.8) is 0 Å². The van der Waals surface area contributed by atoms with E-state index in [2.05, 4.69) is 23.6 Å². The minimum atomic E-state index is -0.166. The average molecular weight is 411 g/mol. The van der Waals surface area contributed by atoms with Gasteiger partial charge in [0, 0.05) is 18.4 Å². The Morgan fingerprint density at radius 1 is 1.32 bits per heavy atom. The van der Waals surface area contributed by atoms with E-state index in [1.165, 1.54) is 16.8 Å². The van der Waals surface area contributed by atoms with E-state index >= 15 is 0 Å². The van der Waals surface area contributed by atoms with E-state index in [9.17, 15) is 4.79 Å². The highest BCUT2D eigenvalue weighted by Crippen LogP contribution is 2.45. The molecule has 0 aromatic heterocycles. The third-order valence-corrected chi connectivity index (χ3v) is 5.78. The fourth-order valence-electron chi connectivity index (χ4n) is 4.55. The number of carbonyl (C=O) groups excluding carboxylic acids is 1. The molecule has 118 valence electrons. The maximum Gasteiger partial charge on any atom is 0.185 e. The van der Waals surface area contributed by atoms with Crippen LogP contribution >= 0.6 is 0 Å². The van der Waals surface area contributed by atoms with Gasteiger partial charge in [-0.05, 0) is 43.5 Å². The van der Waals surface area contributed by atoms with E-state index in [1.807, 2.05) is 6.07 Å². The van der Waals surface area contributed by atoms with E-state index < -0.39 is 0 Å². The number of ether oxygens (including phenoxy) is 1. The molecule has 1 aliphatic carbocycles. The van der Waals surface area contributed by atoms with Crippen LogP contribution in [0.1, 0.15) is 49.8 Å². The summed E-state index contributed by atoms with van der Waals surface area (Å²) >= 11 is 0. The standard InChI is InChI=1S/C18H22NO2.HI/c1-18-8-3-4-16(18)19-9-7-12-10-13(21-2)5-6-14(12)15(19)11-17(18)20;/h5-6,10,15H,3-4,7-9,11H2,1-2H3;1H/q+1;/p-1/t15-,18+;/m0./s1. The zero-order valence-electron chi connectivity index (χ0n) is 13.2. The highest BCUT2D eigenvalue weighted by molar-refractivity contribution is 6.09.